The lowest BCUT2D eigenvalue weighted by atomic mass is 10.1. The van der Waals surface area contributed by atoms with E-state index in [1.807, 2.05) is 30.3 Å². The molecule has 6 heteroatoms. The Bertz CT molecular complexity index is 839. The first-order valence-electron chi connectivity index (χ1n) is 10.7. The summed E-state index contributed by atoms with van der Waals surface area (Å²) in [4.78, 5) is 6.76. The zero-order valence-corrected chi connectivity index (χ0v) is 18.5. The molecule has 0 radical (unpaired) electrons. The molecule has 0 aliphatic carbocycles. The number of hydrogen-bond donors (Lipinski definition) is 2. The van der Waals surface area contributed by atoms with E-state index in [1.54, 1.807) is 14.2 Å². The van der Waals surface area contributed by atoms with Crippen LogP contribution < -0.4 is 25.0 Å². The average molecular weight is 411 g/mol. The van der Waals surface area contributed by atoms with Gasteiger partial charge >= 0.3 is 0 Å². The second kappa shape index (κ2) is 10.8. The van der Waals surface area contributed by atoms with Gasteiger partial charge in [-0.1, -0.05) is 30.3 Å². The van der Waals surface area contributed by atoms with Gasteiger partial charge < -0.3 is 25.0 Å². The molecule has 0 amide bonds. The molecule has 1 aliphatic heterocycles. The van der Waals surface area contributed by atoms with Crippen molar-refractivity contribution in [2.45, 2.75) is 26.4 Å². The Morgan fingerprint density at radius 2 is 1.87 bits per heavy atom. The van der Waals surface area contributed by atoms with Crippen LogP contribution in [0.4, 0.5) is 5.69 Å². The van der Waals surface area contributed by atoms with Gasteiger partial charge in [0.05, 0.1) is 19.3 Å². The summed E-state index contributed by atoms with van der Waals surface area (Å²) in [6.45, 7) is 7.75. The van der Waals surface area contributed by atoms with Crippen molar-refractivity contribution < 1.29 is 9.47 Å². The third-order valence-electron chi connectivity index (χ3n) is 5.47. The molecule has 162 valence electrons. The molecule has 2 atom stereocenters. The number of hydrogen-bond acceptors (Lipinski definition) is 4. The highest BCUT2D eigenvalue weighted by Gasteiger charge is 2.24. The number of aryl methyl sites for hydroxylation is 1. The van der Waals surface area contributed by atoms with Gasteiger partial charge in [0, 0.05) is 26.7 Å². The molecule has 0 saturated carbocycles. The van der Waals surface area contributed by atoms with Crippen molar-refractivity contribution in [1.82, 2.24) is 10.6 Å². The van der Waals surface area contributed by atoms with E-state index in [1.165, 1.54) is 5.69 Å². The molecule has 1 aliphatic rings. The van der Waals surface area contributed by atoms with Gasteiger partial charge in [-0.05, 0) is 49.9 Å². The molecule has 2 N–H and O–H groups in total. The van der Waals surface area contributed by atoms with Crippen molar-refractivity contribution in [2.75, 3.05) is 45.2 Å². The minimum atomic E-state index is 0.0390. The molecule has 2 aromatic rings. The predicted octanol–water partition coefficient (Wildman–Crippen LogP) is 3.46. The molecular formula is C24H34N4O2. The standard InChI is InChI=1S/C24H34N4O2/c1-18-9-5-7-11-22(18)30-19(2)15-26-24(25-3)27-16-20-13-14-28(17-20)21-10-6-8-12-23(21)29-4/h5-12,19-20H,13-17H2,1-4H3,(H2,25,26,27). The number of nitrogens with zero attached hydrogens (tertiary/aromatic N) is 2. The summed E-state index contributed by atoms with van der Waals surface area (Å²) in [5.41, 5.74) is 2.32. The number of rotatable bonds is 8. The third kappa shape index (κ3) is 5.81. The zero-order valence-electron chi connectivity index (χ0n) is 18.5. The molecule has 2 unspecified atom stereocenters. The van der Waals surface area contributed by atoms with Gasteiger partial charge in [0.2, 0.25) is 0 Å². The number of para-hydroxylation sites is 3. The number of anilines is 1. The maximum absolute atomic E-state index is 6.04. The second-order valence-electron chi connectivity index (χ2n) is 7.80. The van der Waals surface area contributed by atoms with Crippen LogP contribution >= 0.6 is 0 Å². The molecule has 0 spiro atoms. The number of methoxy groups -OCH3 is 1. The van der Waals surface area contributed by atoms with Crippen LogP contribution in [-0.4, -0.2) is 52.4 Å². The normalized spacial score (nSPS) is 17.5. The third-order valence-corrected chi connectivity index (χ3v) is 5.47. The average Bonchev–Trinajstić information content (AvgIpc) is 3.24. The Balaban J connectivity index is 1.43. The van der Waals surface area contributed by atoms with E-state index in [2.05, 4.69) is 52.6 Å². The van der Waals surface area contributed by atoms with E-state index >= 15 is 0 Å². The number of nitrogens with one attached hydrogen (secondary N) is 2. The second-order valence-corrected chi connectivity index (χ2v) is 7.80. The van der Waals surface area contributed by atoms with Gasteiger partial charge in [-0.2, -0.15) is 0 Å². The summed E-state index contributed by atoms with van der Waals surface area (Å²) in [5, 5.41) is 6.84. The summed E-state index contributed by atoms with van der Waals surface area (Å²) in [6.07, 6.45) is 1.19. The Morgan fingerprint density at radius 1 is 1.13 bits per heavy atom. The van der Waals surface area contributed by atoms with Crippen LogP contribution in [0.3, 0.4) is 0 Å². The summed E-state index contributed by atoms with van der Waals surface area (Å²) < 4.78 is 11.6. The summed E-state index contributed by atoms with van der Waals surface area (Å²) in [6, 6.07) is 16.3. The van der Waals surface area contributed by atoms with Crippen LogP contribution in [0.5, 0.6) is 11.5 Å². The number of ether oxygens (including phenoxy) is 2. The number of benzene rings is 2. The Labute approximate surface area is 180 Å². The van der Waals surface area contributed by atoms with Gasteiger partial charge in [-0.3, -0.25) is 4.99 Å². The first kappa shape index (κ1) is 21.8. The molecule has 6 nitrogen and oxygen atoms in total. The number of aliphatic imine (C=N–C) groups is 1. The van der Waals surface area contributed by atoms with Crippen LogP contribution in [0.25, 0.3) is 0 Å². The smallest absolute Gasteiger partial charge is 0.191 e. The van der Waals surface area contributed by atoms with Crippen LogP contribution in [0.15, 0.2) is 53.5 Å². The van der Waals surface area contributed by atoms with Gasteiger partial charge in [0.1, 0.15) is 17.6 Å². The van der Waals surface area contributed by atoms with E-state index in [4.69, 9.17) is 9.47 Å². The quantitative estimate of drug-likeness (QED) is 0.516. The highest BCUT2D eigenvalue weighted by molar-refractivity contribution is 5.79. The maximum atomic E-state index is 6.04. The minimum absolute atomic E-state index is 0.0390. The Hall–Kier alpha value is -2.89. The number of guanidine groups is 1. The van der Waals surface area contributed by atoms with E-state index in [0.29, 0.717) is 12.5 Å². The fraction of sp³-hybridized carbons (Fsp3) is 0.458. The minimum Gasteiger partial charge on any atom is -0.495 e. The van der Waals surface area contributed by atoms with Gasteiger partial charge in [0.25, 0.3) is 0 Å². The topological polar surface area (TPSA) is 58.1 Å². The van der Waals surface area contributed by atoms with Gasteiger partial charge in [0.15, 0.2) is 5.96 Å². The van der Waals surface area contributed by atoms with E-state index < -0.39 is 0 Å². The van der Waals surface area contributed by atoms with E-state index in [9.17, 15) is 0 Å². The van der Waals surface area contributed by atoms with Crippen molar-refractivity contribution in [1.29, 1.82) is 0 Å². The van der Waals surface area contributed by atoms with Crippen LogP contribution in [-0.2, 0) is 0 Å². The van der Waals surface area contributed by atoms with Crippen molar-refractivity contribution >= 4 is 11.6 Å². The molecule has 2 aromatic carbocycles. The molecule has 30 heavy (non-hydrogen) atoms. The largest absolute Gasteiger partial charge is 0.495 e. The van der Waals surface area contributed by atoms with Crippen LogP contribution in [0, 0.1) is 12.8 Å². The fourth-order valence-corrected chi connectivity index (χ4v) is 3.76. The molecule has 0 aromatic heterocycles. The molecule has 1 saturated heterocycles. The highest BCUT2D eigenvalue weighted by atomic mass is 16.5. The predicted molar refractivity (Wildman–Crippen MR) is 124 cm³/mol. The monoisotopic (exact) mass is 410 g/mol. The van der Waals surface area contributed by atoms with Gasteiger partial charge in [-0.15, -0.1) is 0 Å². The van der Waals surface area contributed by atoms with Crippen molar-refractivity contribution in [3.63, 3.8) is 0 Å². The lowest BCUT2D eigenvalue weighted by molar-refractivity contribution is 0.222. The summed E-state index contributed by atoms with van der Waals surface area (Å²) >= 11 is 0. The lowest BCUT2D eigenvalue weighted by Gasteiger charge is -2.22. The molecule has 0 bridgehead atoms. The molecular weight excluding hydrogens is 376 g/mol. The van der Waals surface area contributed by atoms with Crippen LogP contribution in [0.2, 0.25) is 0 Å². The van der Waals surface area contributed by atoms with Crippen molar-refractivity contribution in [3.05, 3.63) is 54.1 Å². The van der Waals surface area contributed by atoms with Crippen LogP contribution in [0.1, 0.15) is 18.9 Å². The Morgan fingerprint density at radius 3 is 2.60 bits per heavy atom. The van der Waals surface area contributed by atoms with E-state index in [0.717, 1.165) is 49.1 Å². The summed E-state index contributed by atoms with van der Waals surface area (Å²) in [7, 11) is 3.53. The van der Waals surface area contributed by atoms with Gasteiger partial charge in [-0.25, -0.2) is 0 Å². The first-order chi connectivity index (χ1) is 14.6. The van der Waals surface area contributed by atoms with Crippen molar-refractivity contribution in [2.24, 2.45) is 10.9 Å². The lowest BCUT2D eigenvalue weighted by Crippen LogP contribution is -2.43. The fourth-order valence-electron chi connectivity index (χ4n) is 3.76. The SMILES string of the molecule is CN=C(NCC1CCN(c2ccccc2OC)C1)NCC(C)Oc1ccccc1C. The zero-order chi connectivity index (χ0) is 21.3. The summed E-state index contributed by atoms with van der Waals surface area (Å²) in [5.74, 6) is 3.24. The van der Waals surface area contributed by atoms with E-state index in [-0.39, 0.29) is 6.10 Å². The highest BCUT2D eigenvalue weighted by Crippen LogP contribution is 2.31. The Kier molecular flexibility index (Phi) is 7.82. The molecule has 3 rings (SSSR count). The first-order valence-corrected chi connectivity index (χ1v) is 10.7. The maximum Gasteiger partial charge on any atom is 0.191 e. The molecule has 1 heterocycles. The molecule has 1 fully saturated rings. The van der Waals surface area contributed by atoms with Crippen molar-refractivity contribution in [3.8, 4) is 11.5 Å².